The van der Waals surface area contributed by atoms with E-state index in [4.69, 9.17) is 11.6 Å². The average Bonchev–Trinajstić information content (AvgIpc) is 2.84. The van der Waals surface area contributed by atoms with E-state index >= 15 is 0 Å². The Kier molecular flexibility index (Phi) is 6.90. The lowest BCUT2D eigenvalue weighted by atomic mass is 10.1. The summed E-state index contributed by atoms with van der Waals surface area (Å²) in [6.07, 6.45) is 1.58. The highest BCUT2D eigenvalue weighted by Crippen LogP contribution is 2.20. The van der Waals surface area contributed by atoms with Crippen molar-refractivity contribution in [3.05, 3.63) is 129 Å². The first kappa shape index (κ1) is 23.0. The van der Waals surface area contributed by atoms with Gasteiger partial charge in [-0.3, -0.25) is 14.4 Å². The molecule has 34 heavy (non-hydrogen) atoms. The molecule has 4 aromatic rings. The van der Waals surface area contributed by atoms with Crippen LogP contribution in [0.2, 0.25) is 5.02 Å². The van der Waals surface area contributed by atoms with Crippen molar-refractivity contribution in [3.63, 3.8) is 0 Å². The van der Waals surface area contributed by atoms with Crippen LogP contribution in [0.3, 0.4) is 0 Å². The Hall–Kier alpha value is -4.16. The molecule has 0 spiro atoms. The van der Waals surface area contributed by atoms with E-state index in [1.54, 1.807) is 60.8 Å². The molecule has 2 N–H and O–H groups in total. The summed E-state index contributed by atoms with van der Waals surface area (Å²) in [4.78, 5) is 37.7. The summed E-state index contributed by atoms with van der Waals surface area (Å²) in [7, 11) is 0. The van der Waals surface area contributed by atoms with Crippen molar-refractivity contribution >= 4 is 34.8 Å². The predicted molar refractivity (Wildman–Crippen MR) is 135 cm³/mol. The van der Waals surface area contributed by atoms with Crippen LogP contribution in [0.25, 0.3) is 0 Å². The zero-order chi connectivity index (χ0) is 24.1. The topological polar surface area (TPSA) is 80.2 Å². The van der Waals surface area contributed by atoms with Crippen molar-refractivity contribution in [2.45, 2.75) is 13.5 Å². The quantitative estimate of drug-likeness (QED) is 0.397. The molecule has 0 aliphatic carbocycles. The van der Waals surface area contributed by atoms with Crippen molar-refractivity contribution in [1.82, 2.24) is 4.57 Å². The number of rotatable bonds is 6. The highest BCUT2D eigenvalue weighted by Gasteiger charge is 2.12. The highest BCUT2D eigenvalue weighted by molar-refractivity contribution is 6.31. The zero-order valence-electron chi connectivity index (χ0n) is 18.4. The molecule has 0 unspecified atom stereocenters. The number of nitrogens with one attached hydrogen (secondary N) is 2. The number of benzene rings is 3. The van der Waals surface area contributed by atoms with Gasteiger partial charge < -0.3 is 15.2 Å². The molecule has 0 bridgehead atoms. The maximum atomic E-state index is 12.9. The molecule has 0 aliphatic rings. The molecular weight excluding hydrogens is 450 g/mol. The standard InChI is InChI=1S/C27H22ClN3O3/c1-18-11-12-20(15-24(18)30-26(33)19-7-3-2-4-8-19)27(34)29-22-13-14-25(32)31(17-22)16-21-9-5-6-10-23(21)28/h2-15,17H,16H2,1H3,(H,29,34)(H,30,33). The maximum Gasteiger partial charge on any atom is 0.255 e. The fourth-order valence-electron chi connectivity index (χ4n) is 3.42. The lowest BCUT2D eigenvalue weighted by molar-refractivity contribution is 0.101. The van der Waals surface area contributed by atoms with Crippen LogP contribution in [-0.2, 0) is 6.54 Å². The van der Waals surface area contributed by atoms with Crippen molar-refractivity contribution < 1.29 is 9.59 Å². The Bertz CT molecular complexity index is 1410. The Labute approximate surface area is 201 Å². The Morgan fingerprint density at radius 3 is 2.29 bits per heavy atom. The molecular formula is C27H22ClN3O3. The van der Waals surface area contributed by atoms with Crippen LogP contribution in [-0.4, -0.2) is 16.4 Å². The van der Waals surface area contributed by atoms with E-state index in [-0.39, 0.29) is 23.9 Å². The molecule has 0 saturated carbocycles. The minimum absolute atomic E-state index is 0.209. The molecule has 0 aliphatic heterocycles. The molecule has 2 amide bonds. The minimum Gasteiger partial charge on any atom is -0.322 e. The van der Waals surface area contributed by atoms with E-state index in [1.165, 1.54) is 10.6 Å². The number of halogens is 1. The fraction of sp³-hybridized carbons (Fsp3) is 0.0741. The Morgan fingerprint density at radius 1 is 0.824 bits per heavy atom. The fourth-order valence-corrected chi connectivity index (χ4v) is 3.62. The number of aromatic nitrogens is 1. The van der Waals surface area contributed by atoms with Gasteiger partial charge in [0.2, 0.25) is 0 Å². The van der Waals surface area contributed by atoms with Crippen molar-refractivity contribution in [2.24, 2.45) is 0 Å². The first-order valence-corrected chi connectivity index (χ1v) is 11.0. The van der Waals surface area contributed by atoms with Crippen LogP contribution in [0.4, 0.5) is 11.4 Å². The van der Waals surface area contributed by atoms with Crippen LogP contribution in [0.15, 0.2) is 95.9 Å². The molecule has 0 atom stereocenters. The van der Waals surface area contributed by atoms with Crippen LogP contribution in [0.5, 0.6) is 0 Å². The summed E-state index contributed by atoms with van der Waals surface area (Å²) in [6.45, 7) is 2.13. The second-order valence-corrected chi connectivity index (χ2v) is 8.19. The number of pyridine rings is 1. The van der Waals surface area contributed by atoms with E-state index in [2.05, 4.69) is 10.6 Å². The summed E-state index contributed by atoms with van der Waals surface area (Å²) in [5.74, 6) is -0.619. The smallest absolute Gasteiger partial charge is 0.255 e. The number of hydrogen-bond acceptors (Lipinski definition) is 3. The third-order valence-corrected chi connectivity index (χ3v) is 5.69. The van der Waals surface area contributed by atoms with Crippen LogP contribution >= 0.6 is 11.6 Å². The van der Waals surface area contributed by atoms with Crippen molar-refractivity contribution in [2.75, 3.05) is 10.6 Å². The van der Waals surface area contributed by atoms with E-state index in [0.717, 1.165) is 11.1 Å². The third-order valence-electron chi connectivity index (χ3n) is 5.32. The molecule has 1 aromatic heterocycles. The minimum atomic E-state index is -0.363. The summed E-state index contributed by atoms with van der Waals surface area (Å²) in [5.41, 5.74) is 3.33. The van der Waals surface area contributed by atoms with Gasteiger partial charge in [-0.05, 0) is 54.4 Å². The summed E-state index contributed by atoms with van der Waals surface area (Å²) < 4.78 is 1.48. The van der Waals surface area contributed by atoms with Gasteiger partial charge in [-0.1, -0.05) is 54.1 Å². The number of hydrogen-bond donors (Lipinski definition) is 2. The lowest BCUT2D eigenvalue weighted by Crippen LogP contribution is -2.21. The largest absolute Gasteiger partial charge is 0.322 e. The molecule has 6 nitrogen and oxygen atoms in total. The molecule has 1 heterocycles. The van der Waals surface area contributed by atoms with Gasteiger partial charge >= 0.3 is 0 Å². The monoisotopic (exact) mass is 471 g/mol. The van der Waals surface area contributed by atoms with Crippen LogP contribution in [0.1, 0.15) is 31.8 Å². The van der Waals surface area contributed by atoms with Gasteiger partial charge in [0.15, 0.2) is 0 Å². The predicted octanol–water partition coefficient (Wildman–Crippen LogP) is 5.36. The third kappa shape index (κ3) is 5.42. The first-order chi connectivity index (χ1) is 16.4. The molecule has 4 rings (SSSR count). The Balaban J connectivity index is 1.52. The molecule has 0 saturated heterocycles. The SMILES string of the molecule is Cc1ccc(C(=O)Nc2ccc(=O)n(Cc3ccccc3Cl)c2)cc1NC(=O)c1ccccc1. The summed E-state index contributed by atoms with van der Waals surface area (Å²) in [6, 6.07) is 24.2. The molecule has 0 radical (unpaired) electrons. The number of amides is 2. The van der Waals surface area contributed by atoms with E-state index in [0.29, 0.717) is 27.5 Å². The van der Waals surface area contributed by atoms with Crippen LogP contribution in [0, 0.1) is 6.92 Å². The van der Waals surface area contributed by atoms with Gasteiger partial charge in [-0.2, -0.15) is 0 Å². The average molecular weight is 472 g/mol. The van der Waals surface area contributed by atoms with Gasteiger partial charge in [-0.25, -0.2) is 0 Å². The van der Waals surface area contributed by atoms with Gasteiger partial charge in [0, 0.05) is 34.1 Å². The summed E-state index contributed by atoms with van der Waals surface area (Å²) >= 11 is 6.22. The van der Waals surface area contributed by atoms with Gasteiger partial charge in [0.1, 0.15) is 0 Å². The Morgan fingerprint density at radius 2 is 1.53 bits per heavy atom. The zero-order valence-corrected chi connectivity index (χ0v) is 19.2. The van der Waals surface area contributed by atoms with Crippen molar-refractivity contribution in [3.8, 4) is 0 Å². The van der Waals surface area contributed by atoms with E-state index in [1.807, 2.05) is 31.2 Å². The second kappa shape index (κ2) is 10.2. The van der Waals surface area contributed by atoms with E-state index < -0.39 is 0 Å². The lowest BCUT2D eigenvalue weighted by Gasteiger charge is -2.13. The van der Waals surface area contributed by atoms with Gasteiger partial charge in [0.25, 0.3) is 17.4 Å². The maximum absolute atomic E-state index is 12.9. The number of nitrogens with zero attached hydrogens (tertiary/aromatic N) is 1. The van der Waals surface area contributed by atoms with Gasteiger partial charge in [0.05, 0.1) is 12.2 Å². The highest BCUT2D eigenvalue weighted by atomic mass is 35.5. The molecule has 0 fully saturated rings. The van der Waals surface area contributed by atoms with Crippen LogP contribution < -0.4 is 16.2 Å². The number of carbonyl (C=O) groups excluding carboxylic acids is 2. The normalized spacial score (nSPS) is 10.5. The molecule has 7 heteroatoms. The van der Waals surface area contributed by atoms with E-state index in [9.17, 15) is 14.4 Å². The number of anilines is 2. The second-order valence-electron chi connectivity index (χ2n) is 7.78. The number of aryl methyl sites for hydroxylation is 1. The number of carbonyl (C=O) groups is 2. The molecule has 170 valence electrons. The first-order valence-electron chi connectivity index (χ1n) is 10.6. The molecule has 3 aromatic carbocycles. The van der Waals surface area contributed by atoms with Crippen molar-refractivity contribution in [1.29, 1.82) is 0 Å². The summed E-state index contributed by atoms with van der Waals surface area (Å²) in [5, 5.41) is 6.23. The van der Waals surface area contributed by atoms with Gasteiger partial charge in [-0.15, -0.1) is 0 Å².